The number of benzene rings is 1. The third kappa shape index (κ3) is 2.92. The second-order valence-electron chi connectivity index (χ2n) is 5.14. The molecule has 6 heteroatoms. The summed E-state index contributed by atoms with van der Waals surface area (Å²) < 4.78 is 10.6. The molecule has 0 aliphatic carbocycles. The van der Waals surface area contributed by atoms with Crippen LogP contribution in [0.3, 0.4) is 0 Å². The van der Waals surface area contributed by atoms with Crippen molar-refractivity contribution in [2.45, 2.75) is 24.7 Å². The average molecular weight is 291 g/mol. The first kappa shape index (κ1) is 14.1. The smallest absolute Gasteiger partial charge is 0.251 e. The van der Waals surface area contributed by atoms with Crippen LogP contribution < -0.4 is 5.32 Å². The number of aliphatic hydroxyl groups excluding tert-OH is 2. The van der Waals surface area contributed by atoms with E-state index >= 15 is 0 Å². The summed E-state index contributed by atoms with van der Waals surface area (Å²) in [5.74, 6) is -0.256. The molecule has 1 aliphatic heterocycles. The normalized spacial score (nSPS) is 25.9. The predicted molar refractivity (Wildman–Crippen MR) is 74.9 cm³/mol. The van der Waals surface area contributed by atoms with Gasteiger partial charge in [-0.3, -0.25) is 4.79 Å². The summed E-state index contributed by atoms with van der Waals surface area (Å²) in [6, 6.07) is 6.94. The number of furan rings is 1. The molecular formula is C15H17NO5. The summed E-state index contributed by atoms with van der Waals surface area (Å²) in [7, 11) is 0. The molecule has 0 spiro atoms. The van der Waals surface area contributed by atoms with E-state index in [1.54, 1.807) is 30.5 Å². The first-order valence-electron chi connectivity index (χ1n) is 6.88. The minimum Gasteiger partial charge on any atom is -0.464 e. The van der Waals surface area contributed by atoms with Gasteiger partial charge in [0, 0.05) is 24.1 Å². The summed E-state index contributed by atoms with van der Waals surface area (Å²) in [4.78, 5) is 12.1. The summed E-state index contributed by atoms with van der Waals surface area (Å²) in [6.07, 6.45) is -0.392. The fourth-order valence-electron chi connectivity index (χ4n) is 2.44. The van der Waals surface area contributed by atoms with E-state index in [-0.39, 0.29) is 12.5 Å². The van der Waals surface area contributed by atoms with Crippen molar-refractivity contribution >= 4 is 16.9 Å². The Hall–Kier alpha value is -1.89. The SMILES string of the molecule is O=C(NCC1OCCC(O)C1O)c1ccc2occc2c1. The molecule has 3 atom stereocenters. The van der Waals surface area contributed by atoms with Crippen LogP contribution in [0.15, 0.2) is 34.9 Å². The van der Waals surface area contributed by atoms with Crippen molar-refractivity contribution in [1.82, 2.24) is 5.32 Å². The molecule has 3 rings (SSSR count). The average Bonchev–Trinajstić information content (AvgIpc) is 2.96. The van der Waals surface area contributed by atoms with E-state index in [0.29, 0.717) is 18.6 Å². The van der Waals surface area contributed by atoms with Crippen molar-refractivity contribution in [2.24, 2.45) is 0 Å². The van der Waals surface area contributed by atoms with E-state index in [4.69, 9.17) is 9.15 Å². The maximum atomic E-state index is 12.1. The molecule has 3 unspecified atom stereocenters. The first-order chi connectivity index (χ1) is 10.1. The van der Waals surface area contributed by atoms with Gasteiger partial charge in [0.1, 0.15) is 17.8 Å². The first-order valence-corrected chi connectivity index (χ1v) is 6.88. The lowest BCUT2D eigenvalue weighted by Gasteiger charge is -2.32. The highest BCUT2D eigenvalue weighted by atomic mass is 16.5. The molecule has 3 N–H and O–H groups in total. The van der Waals surface area contributed by atoms with Crippen LogP contribution in [0.1, 0.15) is 16.8 Å². The zero-order valence-electron chi connectivity index (χ0n) is 11.4. The highest BCUT2D eigenvalue weighted by molar-refractivity contribution is 5.97. The molecule has 1 amide bonds. The summed E-state index contributed by atoms with van der Waals surface area (Å²) in [6.45, 7) is 0.528. The van der Waals surface area contributed by atoms with E-state index < -0.39 is 18.3 Å². The monoisotopic (exact) mass is 291 g/mol. The predicted octanol–water partition coefficient (Wildman–Crippen LogP) is 0.673. The molecule has 112 valence electrons. The van der Waals surface area contributed by atoms with Crippen LogP contribution in [0.4, 0.5) is 0 Å². The molecule has 1 aromatic heterocycles. The van der Waals surface area contributed by atoms with Gasteiger partial charge in [0.05, 0.1) is 12.4 Å². The van der Waals surface area contributed by atoms with Gasteiger partial charge in [0.25, 0.3) is 5.91 Å². The molecule has 1 saturated heterocycles. The molecule has 1 aromatic carbocycles. The van der Waals surface area contributed by atoms with Crippen LogP contribution in [-0.4, -0.2) is 47.6 Å². The number of amides is 1. The lowest BCUT2D eigenvalue weighted by Crippen LogP contribution is -2.49. The van der Waals surface area contributed by atoms with Crippen LogP contribution in [0.5, 0.6) is 0 Å². The Morgan fingerprint density at radius 3 is 3.05 bits per heavy atom. The molecule has 2 heterocycles. The molecule has 6 nitrogen and oxygen atoms in total. The van der Waals surface area contributed by atoms with Gasteiger partial charge >= 0.3 is 0 Å². The van der Waals surface area contributed by atoms with Gasteiger partial charge in [-0.25, -0.2) is 0 Å². The second kappa shape index (κ2) is 5.85. The van der Waals surface area contributed by atoms with Crippen molar-refractivity contribution in [3.05, 3.63) is 36.1 Å². The molecule has 2 aromatic rings. The van der Waals surface area contributed by atoms with Gasteiger partial charge in [0.2, 0.25) is 0 Å². The van der Waals surface area contributed by atoms with Gasteiger partial charge < -0.3 is 24.7 Å². The quantitative estimate of drug-likeness (QED) is 0.773. The van der Waals surface area contributed by atoms with Crippen molar-refractivity contribution in [3.63, 3.8) is 0 Å². The number of hydrogen-bond acceptors (Lipinski definition) is 5. The van der Waals surface area contributed by atoms with Crippen LogP contribution in [0.2, 0.25) is 0 Å². The topological polar surface area (TPSA) is 91.9 Å². The number of rotatable bonds is 3. The number of carbonyl (C=O) groups excluding carboxylic acids is 1. The summed E-state index contributed by atoms with van der Waals surface area (Å²) in [5, 5.41) is 22.9. The molecule has 21 heavy (non-hydrogen) atoms. The standard InChI is InChI=1S/C15H17NO5/c17-11-4-6-21-13(14(11)18)8-16-15(19)10-1-2-12-9(7-10)3-5-20-12/h1-3,5,7,11,13-14,17-18H,4,6,8H2,(H,16,19). The van der Waals surface area contributed by atoms with E-state index in [9.17, 15) is 15.0 Å². The van der Waals surface area contributed by atoms with Crippen LogP contribution in [0, 0.1) is 0 Å². The van der Waals surface area contributed by atoms with E-state index in [1.807, 2.05) is 0 Å². The van der Waals surface area contributed by atoms with Gasteiger partial charge in [0.15, 0.2) is 0 Å². The van der Waals surface area contributed by atoms with Crippen molar-refractivity contribution in [3.8, 4) is 0 Å². The Morgan fingerprint density at radius 2 is 2.19 bits per heavy atom. The number of aliphatic hydroxyl groups is 2. The molecule has 0 bridgehead atoms. The molecule has 1 aliphatic rings. The number of ether oxygens (including phenoxy) is 1. The van der Waals surface area contributed by atoms with Gasteiger partial charge in [-0.15, -0.1) is 0 Å². The Balaban J connectivity index is 1.63. The van der Waals surface area contributed by atoms with E-state index in [2.05, 4.69) is 5.32 Å². The Kier molecular flexibility index (Phi) is 3.92. The molecular weight excluding hydrogens is 274 g/mol. The van der Waals surface area contributed by atoms with Crippen LogP contribution in [0.25, 0.3) is 11.0 Å². The minimum absolute atomic E-state index is 0.153. The number of nitrogens with one attached hydrogen (secondary N) is 1. The van der Waals surface area contributed by atoms with Crippen molar-refractivity contribution < 1.29 is 24.2 Å². The third-order valence-corrected chi connectivity index (χ3v) is 3.70. The molecule has 1 fully saturated rings. The van der Waals surface area contributed by atoms with Crippen molar-refractivity contribution in [1.29, 1.82) is 0 Å². The maximum Gasteiger partial charge on any atom is 0.251 e. The van der Waals surface area contributed by atoms with E-state index in [0.717, 1.165) is 11.0 Å². The summed E-state index contributed by atoms with van der Waals surface area (Å²) >= 11 is 0. The minimum atomic E-state index is -0.976. The lowest BCUT2D eigenvalue weighted by molar-refractivity contribution is -0.132. The highest BCUT2D eigenvalue weighted by Crippen LogP contribution is 2.17. The Labute approximate surface area is 121 Å². The van der Waals surface area contributed by atoms with Crippen LogP contribution in [-0.2, 0) is 4.74 Å². The van der Waals surface area contributed by atoms with Crippen molar-refractivity contribution in [2.75, 3.05) is 13.2 Å². The molecule has 0 saturated carbocycles. The number of fused-ring (bicyclic) bond motifs is 1. The zero-order valence-corrected chi connectivity index (χ0v) is 11.4. The highest BCUT2D eigenvalue weighted by Gasteiger charge is 2.31. The maximum absolute atomic E-state index is 12.1. The Bertz CT molecular complexity index is 638. The number of carbonyl (C=O) groups is 1. The fraction of sp³-hybridized carbons (Fsp3) is 0.400. The third-order valence-electron chi connectivity index (χ3n) is 3.70. The van der Waals surface area contributed by atoms with Gasteiger partial charge in [-0.2, -0.15) is 0 Å². The van der Waals surface area contributed by atoms with Gasteiger partial charge in [-0.1, -0.05) is 0 Å². The second-order valence-corrected chi connectivity index (χ2v) is 5.14. The zero-order chi connectivity index (χ0) is 14.8. The largest absolute Gasteiger partial charge is 0.464 e. The van der Waals surface area contributed by atoms with Crippen LogP contribution >= 0.6 is 0 Å². The summed E-state index contributed by atoms with van der Waals surface area (Å²) in [5.41, 5.74) is 1.23. The Morgan fingerprint density at radius 1 is 1.33 bits per heavy atom. The fourth-order valence-corrected chi connectivity index (χ4v) is 2.44. The van der Waals surface area contributed by atoms with Gasteiger partial charge in [-0.05, 0) is 30.7 Å². The molecule has 0 radical (unpaired) electrons. The number of hydrogen-bond donors (Lipinski definition) is 3. The van der Waals surface area contributed by atoms with E-state index in [1.165, 1.54) is 0 Å². The lowest BCUT2D eigenvalue weighted by atomic mass is 10.0.